The Bertz CT molecular complexity index is 553. The lowest BCUT2D eigenvalue weighted by Crippen LogP contribution is -2.49. The van der Waals surface area contributed by atoms with Crippen LogP contribution in [0, 0.1) is 0 Å². The minimum absolute atomic E-state index is 0.299. The van der Waals surface area contributed by atoms with Crippen molar-refractivity contribution in [2.24, 2.45) is 0 Å². The molecule has 128 valence electrons. The van der Waals surface area contributed by atoms with Gasteiger partial charge in [-0.15, -0.1) is 0 Å². The van der Waals surface area contributed by atoms with Crippen molar-refractivity contribution < 1.29 is 22.7 Å². The maximum atomic E-state index is 12.6. The minimum Gasteiger partial charge on any atom is -0.444 e. The van der Waals surface area contributed by atoms with Gasteiger partial charge in [0.15, 0.2) is 0 Å². The Morgan fingerprint density at radius 3 is 2.57 bits per heavy atom. The number of alkyl halides is 3. The van der Waals surface area contributed by atoms with Crippen LogP contribution in [0.4, 0.5) is 18.0 Å². The second-order valence-electron chi connectivity index (χ2n) is 6.40. The Morgan fingerprint density at radius 2 is 2.04 bits per heavy atom. The van der Waals surface area contributed by atoms with E-state index >= 15 is 0 Å². The fourth-order valence-corrected chi connectivity index (χ4v) is 2.22. The first kappa shape index (κ1) is 17.5. The van der Waals surface area contributed by atoms with Crippen LogP contribution in [0.2, 0.25) is 0 Å². The van der Waals surface area contributed by atoms with E-state index in [4.69, 9.17) is 4.74 Å². The van der Waals surface area contributed by atoms with Crippen molar-refractivity contribution in [1.29, 1.82) is 0 Å². The first-order valence-corrected chi connectivity index (χ1v) is 7.31. The van der Waals surface area contributed by atoms with Gasteiger partial charge in [0.2, 0.25) is 0 Å². The minimum atomic E-state index is -4.41. The number of carbonyl (C=O) groups excluding carboxylic acids is 1. The molecule has 5 nitrogen and oxygen atoms in total. The molecule has 1 aromatic heterocycles. The number of aromatic nitrogens is 1. The molecular weight excluding hydrogens is 311 g/mol. The molecule has 1 saturated heterocycles. The number of pyridine rings is 1. The van der Waals surface area contributed by atoms with Gasteiger partial charge in [0.25, 0.3) is 0 Å². The molecule has 0 bridgehead atoms. The van der Waals surface area contributed by atoms with Crippen molar-refractivity contribution in [3.05, 3.63) is 29.6 Å². The van der Waals surface area contributed by atoms with Crippen LogP contribution in [-0.2, 0) is 10.9 Å². The maximum absolute atomic E-state index is 12.6. The summed E-state index contributed by atoms with van der Waals surface area (Å²) in [5, 5.41) is 3.15. The Kier molecular flexibility index (Phi) is 4.84. The number of ether oxygens (including phenoxy) is 1. The van der Waals surface area contributed by atoms with E-state index in [9.17, 15) is 18.0 Å². The van der Waals surface area contributed by atoms with Crippen LogP contribution in [0.15, 0.2) is 18.3 Å². The zero-order valence-corrected chi connectivity index (χ0v) is 13.3. The highest BCUT2D eigenvalue weighted by Crippen LogP contribution is 2.29. The summed E-state index contributed by atoms with van der Waals surface area (Å²) in [5.41, 5.74) is -0.920. The van der Waals surface area contributed by atoms with Gasteiger partial charge in [-0.3, -0.25) is 4.98 Å². The summed E-state index contributed by atoms with van der Waals surface area (Å²) < 4.78 is 43.0. The van der Waals surface area contributed by atoms with E-state index in [1.165, 1.54) is 11.0 Å². The van der Waals surface area contributed by atoms with Gasteiger partial charge >= 0.3 is 12.3 Å². The number of nitrogens with one attached hydrogen (secondary N) is 1. The maximum Gasteiger partial charge on any atom is 0.417 e. The number of nitrogens with zero attached hydrogens (tertiary/aromatic N) is 2. The van der Waals surface area contributed by atoms with Gasteiger partial charge in [0.1, 0.15) is 5.60 Å². The Hall–Kier alpha value is -1.83. The molecule has 0 saturated carbocycles. The molecular formula is C15H20F3N3O2. The molecule has 1 aliphatic rings. The fourth-order valence-electron chi connectivity index (χ4n) is 2.22. The normalized spacial score (nSPS) is 19.6. The van der Waals surface area contributed by atoms with Crippen molar-refractivity contribution in [2.45, 2.75) is 38.6 Å². The van der Waals surface area contributed by atoms with Crippen LogP contribution in [0.25, 0.3) is 0 Å². The largest absolute Gasteiger partial charge is 0.444 e. The van der Waals surface area contributed by atoms with Gasteiger partial charge in [-0.1, -0.05) is 0 Å². The number of carbonyl (C=O) groups is 1. The van der Waals surface area contributed by atoms with Crippen LogP contribution >= 0.6 is 0 Å². The third kappa shape index (κ3) is 4.82. The number of hydrogen-bond donors (Lipinski definition) is 1. The molecule has 2 heterocycles. The fraction of sp³-hybridized carbons (Fsp3) is 0.600. The van der Waals surface area contributed by atoms with E-state index in [1.54, 1.807) is 20.8 Å². The second kappa shape index (κ2) is 6.35. The number of halogens is 3. The third-order valence-electron chi connectivity index (χ3n) is 3.30. The molecule has 1 aromatic rings. The summed E-state index contributed by atoms with van der Waals surface area (Å²) in [6.07, 6.45) is -4.03. The van der Waals surface area contributed by atoms with Crippen LogP contribution in [0.5, 0.6) is 0 Å². The molecule has 23 heavy (non-hydrogen) atoms. The highest BCUT2D eigenvalue weighted by atomic mass is 19.4. The van der Waals surface area contributed by atoms with Gasteiger partial charge < -0.3 is 15.0 Å². The van der Waals surface area contributed by atoms with E-state index in [0.29, 0.717) is 25.3 Å². The molecule has 2 rings (SSSR count). The zero-order valence-electron chi connectivity index (χ0n) is 13.3. The molecule has 1 unspecified atom stereocenters. The van der Waals surface area contributed by atoms with Gasteiger partial charge in [0, 0.05) is 25.8 Å². The summed E-state index contributed by atoms with van der Waals surface area (Å²) in [6.45, 7) is 6.64. The van der Waals surface area contributed by atoms with E-state index in [0.717, 1.165) is 12.3 Å². The molecule has 1 aliphatic heterocycles. The standard InChI is InChI=1S/C15H20F3N3O2/c1-14(2,3)23-13(22)21-7-6-19-12(9-21)11-5-4-10(8-20-11)15(16,17)18/h4-5,8,12,19H,6-7,9H2,1-3H3. The van der Waals surface area contributed by atoms with Crippen LogP contribution in [0.1, 0.15) is 38.1 Å². The van der Waals surface area contributed by atoms with Crippen molar-refractivity contribution in [1.82, 2.24) is 15.2 Å². The van der Waals surface area contributed by atoms with Gasteiger partial charge in [-0.05, 0) is 32.9 Å². The van der Waals surface area contributed by atoms with Crippen molar-refractivity contribution in [2.75, 3.05) is 19.6 Å². The predicted molar refractivity (Wildman–Crippen MR) is 77.8 cm³/mol. The van der Waals surface area contributed by atoms with E-state index in [2.05, 4.69) is 10.3 Å². The average Bonchev–Trinajstić information content (AvgIpc) is 2.45. The Balaban J connectivity index is 2.05. The smallest absolute Gasteiger partial charge is 0.417 e. The molecule has 1 N–H and O–H groups in total. The molecule has 0 aliphatic carbocycles. The van der Waals surface area contributed by atoms with Gasteiger partial charge in [-0.25, -0.2) is 4.79 Å². The van der Waals surface area contributed by atoms with E-state index < -0.39 is 23.4 Å². The first-order chi connectivity index (χ1) is 10.6. The Morgan fingerprint density at radius 1 is 1.35 bits per heavy atom. The number of hydrogen-bond acceptors (Lipinski definition) is 4. The summed E-state index contributed by atoms with van der Waals surface area (Å²) in [5.74, 6) is 0. The van der Waals surface area contributed by atoms with Crippen LogP contribution in [0.3, 0.4) is 0 Å². The average molecular weight is 331 g/mol. The van der Waals surface area contributed by atoms with Crippen molar-refractivity contribution in [3.8, 4) is 0 Å². The lowest BCUT2D eigenvalue weighted by atomic mass is 10.1. The molecule has 0 aromatic carbocycles. The summed E-state index contributed by atoms with van der Waals surface area (Å²) in [7, 11) is 0. The molecule has 0 spiro atoms. The lowest BCUT2D eigenvalue weighted by molar-refractivity contribution is -0.137. The predicted octanol–water partition coefficient (Wildman–Crippen LogP) is 2.98. The zero-order chi connectivity index (χ0) is 17.3. The van der Waals surface area contributed by atoms with Gasteiger partial charge in [0.05, 0.1) is 17.3 Å². The molecule has 1 amide bonds. The third-order valence-corrected chi connectivity index (χ3v) is 3.30. The van der Waals surface area contributed by atoms with E-state index in [-0.39, 0.29) is 6.04 Å². The summed E-state index contributed by atoms with van der Waals surface area (Å²) in [6, 6.07) is 2.01. The second-order valence-corrected chi connectivity index (χ2v) is 6.40. The van der Waals surface area contributed by atoms with E-state index in [1.807, 2.05) is 0 Å². The highest BCUT2D eigenvalue weighted by Gasteiger charge is 2.32. The molecule has 1 fully saturated rings. The SMILES string of the molecule is CC(C)(C)OC(=O)N1CCNC(c2ccc(C(F)(F)F)cn2)C1. The molecule has 0 radical (unpaired) electrons. The monoisotopic (exact) mass is 331 g/mol. The topological polar surface area (TPSA) is 54.5 Å². The molecule has 1 atom stereocenters. The molecule has 8 heteroatoms. The van der Waals surface area contributed by atoms with Crippen LogP contribution < -0.4 is 5.32 Å². The quantitative estimate of drug-likeness (QED) is 0.859. The van der Waals surface area contributed by atoms with Crippen LogP contribution in [-0.4, -0.2) is 41.2 Å². The number of amides is 1. The van der Waals surface area contributed by atoms with Crippen molar-refractivity contribution >= 4 is 6.09 Å². The summed E-state index contributed by atoms with van der Waals surface area (Å²) in [4.78, 5) is 17.5. The van der Waals surface area contributed by atoms with Gasteiger partial charge in [-0.2, -0.15) is 13.2 Å². The summed E-state index contributed by atoms with van der Waals surface area (Å²) >= 11 is 0. The highest BCUT2D eigenvalue weighted by molar-refractivity contribution is 5.68. The number of piperazine rings is 1. The van der Waals surface area contributed by atoms with Crippen molar-refractivity contribution in [3.63, 3.8) is 0 Å². The lowest BCUT2D eigenvalue weighted by Gasteiger charge is -2.34. The Labute approximate surface area is 132 Å². The number of rotatable bonds is 1. The first-order valence-electron chi connectivity index (χ1n) is 7.31.